The average Bonchev–Trinajstić information content (AvgIpc) is 2.66. The zero-order valence-electron chi connectivity index (χ0n) is 15.5. The van der Waals surface area contributed by atoms with Gasteiger partial charge in [-0.05, 0) is 36.8 Å². The summed E-state index contributed by atoms with van der Waals surface area (Å²) in [5.74, 6) is -0.545. The van der Waals surface area contributed by atoms with Gasteiger partial charge in [0.05, 0.1) is 6.42 Å². The molecule has 0 aromatic heterocycles. The van der Waals surface area contributed by atoms with Crippen molar-refractivity contribution in [3.63, 3.8) is 0 Å². The van der Waals surface area contributed by atoms with Crippen LogP contribution in [0.15, 0.2) is 60.7 Å². The van der Waals surface area contributed by atoms with Crippen LogP contribution >= 0.6 is 0 Å². The average molecular weight is 353 g/mol. The van der Waals surface area contributed by atoms with Gasteiger partial charge in [-0.3, -0.25) is 9.59 Å². The topological polar surface area (TPSA) is 55.4 Å². The van der Waals surface area contributed by atoms with Gasteiger partial charge in [-0.25, -0.2) is 0 Å². The van der Waals surface area contributed by atoms with Crippen LogP contribution < -0.4 is 5.32 Å². The number of esters is 1. The first-order valence-electron chi connectivity index (χ1n) is 9.08. The molecule has 0 saturated carbocycles. The summed E-state index contributed by atoms with van der Waals surface area (Å²) < 4.78 is 5.11. The quantitative estimate of drug-likeness (QED) is 0.697. The second-order valence-electron chi connectivity index (χ2n) is 6.67. The van der Waals surface area contributed by atoms with E-state index in [1.807, 2.05) is 62.4 Å². The highest BCUT2D eigenvalue weighted by Gasteiger charge is 2.14. The Hall–Kier alpha value is -2.62. The summed E-state index contributed by atoms with van der Waals surface area (Å²) in [6.07, 6.45) is 2.01. The molecule has 2 rings (SSSR count). The molecule has 0 fully saturated rings. The minimum absolute atomic E-state index is 0.0321. The molecular weight excluding hydrogens is 326 g/mol. The number of hydrogen-bond acceptors (Lipinski definition) is 3. The lowest BCUT2D eigenvalue weighted by Gasteiger charge is -2.15. The minimum atomic E-state index is -0.353. The number of carbonyl (C=O) groups is 2. The maximum atomic E-state index is 11.9. The van der Waals surface area contributed by atoms with E-state index in [4.69, 9.17) is 4.74 Å². The molecule has 0 aliphatic rings. The van der Waals surface area contributed by atoms with Gasteiger partial charge in [0.2, 0.25) is 0 Å². The van der Waals surface area contributed by atoms with Crippen LogP contribution in [0.1, 0.15) is 43.7 Å². The third-order valence-corrected chi connectivity index (χ3v) is 4.32. The number of hydrogen-bond donors (Lipinski definition) is 1. The molecule has 1 N–H and O–H groups in total. The fraction of sp³-hybridized carbons (Fsp3) is 0.364. The van der Waals surface area contributed by atoms with E-state index >= 15 is 0 Å². The van der Waals surface area contributed by atoms with Crippen molar-refractivity contribution in [2.24, 2.45) is 0 Å². The Bertz CT molecular complexity index is 685. The van der Waals surface area contributed by atoms with Crippen molar-refractivity contribution >= 4 is 11.9 Å². The van der Waals surface area contributed by atoms with Crippen LogP contribution in [0.4, 0.5) is 0 Å². The van der Waals surface area contributed by atoms with Crippen molar-refractivity contribution in [1.29, 1.82) is 0 Å². The molecule has 0 aliphatic carbocycles. The van der Waals surface area contributed by atoms with Crippen LogP contribution in [-0.2, 0) is 20.7 Å². The zero-order chi connectivity index (χ0) is 18.8. The first kappa shape index (κ1) is 19.7. The molecule has 4 heteroatoms. The Kier molecular flexibility index (Phi) is 7.87. The molecule has 0 heterocycles. The molecule has 2 atom stereocenters. The van der Waals surface area contributed by atoms with E-state index in [1.54, 1.807) is 0 Å². The molecule has 138 valence electrons. The number of amides is 1. The SMILES string of the molecule is CC(CCc1ccccc1)NC(=O)COC(=O)CC(C)c1ccccc1. The van der Waals surface area contributed by atoms with Crippen LogP contribution in [0.5, 0.6) is 0 Å². The lowest BCUT2D eigenvalue weighted by molar-refractivity contribution is -0.149. The molecule has 0 aliphatic heterocycles. The Morgan fingerprint density at radius 3 is 2.23 bits per heavy atom. The van der Waals surface area contributed by atoms with Crippen LogP contribution in [0, 0.1) is 0 Å². The third kappa shape index (κ3) is 7.09. The van der Waals surface area contributed by atoms with E-state index in [9.17, 15) is 9.59 Å². The van der Waals surface area contributed by atoms with Gasteiger partial charge in [-0.2, -0.15) is 0 Å². The Morgan fingerprint density at radius 1 is 0.962 bits per heavy atom. The summed E-state index contributed by atoms with van der Waals surface area (Å²) in [7, 11) is 0. The fourth-order valence-corrected chi connectivity index (χ4v) is 2.77. The Morgan fingerprint density at radius 2 is 1.58 bits per heavy atom. The fourth-order valence-electron chi connectivity index (χ4n) is 2.77. The molecule has 2 unspecified atom stereocenters. The van der Waals surface area contributed by atoms with Crippen LogP contribution in [0.3, 0.4) is 0 Å². The van der Waals surface area contributed by atoms with Gasteiger partial charge in [0.1, 0.15) is 0 Å². The van der Waals surface area contributed by atoms with Crippen molar-refractivity contribution in [3.05, 3.63) is 71.8 Å². The van der Waals surface area contributed by atoms with Crippen molar-refractivity contribution in [3.8, 4) is 0 Å². The summed E-state index contributed by atoms with van der Waals surface area (Å²) in [5.41, 5.74) is 2.33. The van der Waals surface area contributed by atoms with E-state index < -0.39 is 0 Å². The predicted molar refractivity (Wildman–Crippen MR) is 103 cm³/mol. The van der Waals surface area contributed by atoms with Gasteiger partial charge in [0.15, 0.2) is 6.61 Å². The summed E-state index contributed by atoms with van der Waals surface area (Å²) in [6, 6.07) is 20.0. The first-order valence-corrected chi connectivity index (χ1v) is 9.08. The molecule has 0 spiro atoms. The zero-order valence-corrected chi connectivity index (χ0v) is 15.5. The summed E-state index contributed by atoms with van der Waals surface area (Å²) in [6.45, 7) is 3.71. The summed E-state index contributed by atoms with van der Waals surface area (Å²) in [4.78, 5) is 23.9. The number of aryl methyl sites for hydroxylation is 1. The van der Waals surface area contributed by atoms with Crippen LogP contribution in [-0.4, -0.2) is 24.5 Å². The van der Waals surface area contributed by atoms with Gasteiger partial charge in [-0.1, -0.05) is 67.6 Å². The molecule has 0 bridgehead atoms. The maximum absolute atomic E-state index is 11.9. The van der Waals surface area contributed by atoms with Gasteiger partial charge in [0.25, 0.3) is 5.91 Å². The molecule has 0 saturated heterocycles. The molecule has 4 nitrogen and oxygen atoms in total. The van der Waals surface area contributed by atoms with E-state index in [1.165, 1.54) is 5.56 Å². The molecule has 26 heavy (non-hydrogen) atoms. The first-order chi connectivity index (χ1) is 12.5. The molecule has 2 aromatic carbocycles. The number of carbonyl (C=O) groups excluding carboxylic acids is 2. The largest absolute Gasteiger partial charge is 0.456 e. The van der Waals surface area contributed by atoms with Gasteiger partial charge in [0, 0.05) is 6.04 Å². The number of benzene rings is 2. The lowest BCUT2D eigenvalue weighted by Crippen LogP contribution is -2.36. The standard InChI is InChI=1S/C22H27NO3/c1-17(20-11-7-4-8-12-20)15-22(25)26-16-21(24)23-18(2)13-14-19-9-5-3-6-10-19/h3-12,17-18H,13-16H2,1-2H3,(H,23,24). The van der Waals surface area contributed by atoms with Crippen molar-refractivity contribution < 1.29 is 14.3 Å². The van der Waals surface area contributed by atoms with Crippen LogP contribution in [0.2, 0.25) is 0 Å². The Balaban J connectivity index is 1.65. The molecule has 2 aromatic rings. The van der Waals surface area contributed by atoms with Crippen molar-refractivity contribution in [2.75, 3.05) is 6.61 Å². The van der Waals surface area contributed by atoms with Crippen LogP contribution in [0.25, 0.3) is 0 Å². The highest BCUT2D eigenvalue weighted by atomic mass is 16.5. The van der Waals surface area contributed by atoms with E-state index in [-0.39, 0.29) is 36.9 Å². The van der Waals surface area contributed by atoms with Crippen molar-refractivity contribution in [2.45, 2.75) is 45.1 Å². The minimum Gasteiger partial charge on any atom is -0.456 e. The molecule has 1 amide bonds. The smallest absolute Gasteiger partial charge is 0.306 e. The van der Waals surface area contributed by atoms with E-state index in [0.29, 0.717) is 0 Å². The Labute approximate surface area is 155 Å². The number of ether oxygens (including phenoxy) is 1. The van der Waals surface area contributed by atoms with Gasteiger partial charge >= 0.3 is 5.97 Å². The predicted octanol–water partition coefficient (Wildman–Crippen LogP) is 3.86. The molecule has 0 radical (unpaired) electrons. The van der Waals surface area contributed by atoms with E-state index in [0.717, 1.165) is 18.4 Å². The molecular formula is C22H27NO3. The summed E-state index contributed by atoms with van der Waals surface area (Å²) >= 11 is 0. The van der Waals surface area contributed by atoms with E-state index in [2.05, 4.69) is 17.4 Å². The second-order valence-corrected chi connectivity index (χ2v) is 6.67. The normalized spacial score (nSPS) is 12.8. The van der Waals surface area contributed by atoms with Gasteiger partial charge < -0.3 is 10.1 Å². The monoisotopic (exact) mass is 353 g/mol. The lowest BCUT2D eigenvalue weighted by atomic mass is 9.98. The maximum Gasteiger partial charge on any atom is 0.306 e. The van der Waals surface area contributed by atoms with Gasteiger partial charge in [-0.15, -0.1) is 0 Å². The van der Waals surface area contributed by atoms with Crippen molar-refractivity contribution in [1.82, 2.24) is 5.32 Å². The number of rotatable bonds is 9. The second kappa shape index (κ2) is 10.4. The highest BCUT2D eigenvalue weighted by Crippen LogP contribution is 2.18. The highest BCUT2D eigenvalue weighted by molar-refractivity contribution is 5.80. The third-order valence-electron chi connectivity index (χ3n) is 4.32. The number of nitrogens with one attached hydrogen (secondary N) is 1. The summed E-state index contributed by atoms with van der Waals surface area (Å²) in [5, 5.41) is 2.87.